The van der Waals surface area contributed by atoms with Crippen molar-refractivity contribution in [2.75, 3.05) is 6.54 Å². The summed E-state index contributed by atoms with van der Waals surface area (Å²) in [5.74, 6) is 0.304. The summed E-state index contributed by atoms with van der Waals surface area (Å²) < 4.78 is 0. The summed E-state index contributed by atoms with van der Waals surface area (Å²) in [7, 11) is 0. The topological polar surface area (TPSA) is 57.6 Å². The number of hydrogen-bond donors (Lipinski definition) is 1. The second kappa shape index (κ2) is 5.11. The standard InChI is InChI=1S/C18H21NO3/c20-17(15-13-7-3-4-8-14(13)15)19-10-9-11-5-1-2-6-12(11)16(19)18(21)22/h1-2,5-6,13-16H,3-4,7-10H2,(H,21,22). The van der Waals surface area contributed by atoms with Crippen molar-refractivity contribution in [3.8, 4) is 0 Å². The smallest absolute Gasteiger partial charge is 0.331 e. The second-order valence-electron chi connectivity index (χ2n) is 6.86. The minimum atomic E-state index is -0.913. The number of nitrogens with zero attached hydrogens (tertiary/aromatic N) is 1. The van der Waals surface area contributed by atoms with E-state index in [-0.39, 0.29) is 11.8 Å². The van der Waals surface area contributed by atoms with Gasteiger partial charge in [-0.25, -0.2) is 4.79 Å². The van der Waals surface area contributed by atoms with Crippen LogP contribution < -0.4 is 0 Å². The molecule has 1 amide bonds. The van der Waals surface area contributed by atoms with Crippen LogP contribution in [0.3, 0.4) is 0 Å². The molecule has 0 aromatic heterocycles. The van der Waals surface area contributed by atoms with Crippen LogP contribution in [0, 0.1) is 17.8 Å². The van der Waals surface area contributed by atoms with E-state index in [9.17, 15) is 14.7 Å². The SMILES string of the molecule is O=C(O)C1c2ccccc2CCN1C(=O)C1C2CCCCC21. The fraction of sp³-hybridized carbons (Fsp3) is 0.556. The molecule has 1 aromatic carbocycles. The Balaban J connectivity index is 1.62. The zero-order chi connectivity index (χ0) is 15.3. The van der Waals surface area contributed by atoms with Crippen molar-refractivity contribution in [1.29, 1.82) is 0 Å². The summed E-state index contributed by atoms with van der Waals surface area (Å²) in [5, 5.41) is 9.67. The van der Waals surface area contributed by atoms with Crippen LogP contribution in [0.5, 0.6) is 0 Å². The molecule has 4 nitrogen and oxygen atoms in total. The fourth-order valence-corrected chi connectivity index (χ4v) is 4.62. The number of carbonyl (C=O) groups excluding carboxylic acids is 1. The molecule has 1 heterocycles. The maximum absolute atomic E-state index is 12.9. The third-order valence-corrected chi connectivity index (χ3v) is 5.74. The Bertz CT molecular complexity index is 615. The molecule has 3 aliphatic rings. The molecular formula is C18H21NO3. The lowest BCUT2D eigenvalue weighted by atomic mass is 9.92. The van der Waals surface area contributed by atoms with Crippen molar-refractivity contribution < 1.29 is 14.7 Å². The highest BCUT2D eigenvalue weighted by molar-refractivity contribution is 5.88. The van der Waals surface area contributed by atoms with Crippen molar-refractivity contribution in [2.24, 2.45) is 17.8 Å². The summed E-state index contributed by atoms with van der Waals surface area (Å²) in [4.78, 5) is 26.3. The molecule has 2 fully saturated rings. The van der Waals surface area contributed by atoms with E-state index < -0.39 is 12.0 Å². The molecule has 1 aromatic rings. The van der Waals surface area contributed by atoms with Crippen LogP contribution in [0.4, 0.5) is 0 Å². The Labute approximate surface area is 130 Å². The van der Waals surface area contributed by atoms with E-state index in [1.54, 1.807) is 4.90 Å². The zero-order valence-corrected chi connectivity index (χ0v) is 12.6. The van der Waals surface area contributed by atoms with Crippen molar-refractivity contribution in [1.82, 2.24) is 4.90 Å². The summed E-state index contributed by atoms with van der Waals surface area (Å²) in [6.07, 6.45) is 5.48. The predicted molar refractivity (Wildman–Crippen MR) is 81.2 cm³/mol. The number of aliphatic carboxylic acids is 1. The Kier molecular flexibility index (Phi) is 3.21. The molecule has 1 aliphatic heterocycles. The first kappa shape index (κ1) is 13.8. The van der Waals surface area contributed by atoms with Crippen LogP contribution in [-0.2, 0) is 16.0 Å². The van der Waals surface area contributed by atoms with Gasteiger partial charge in [0.15, 0.2) is 6.04 Å². The Morgan fingerprint density at radius 3 is 2.45 bits per heavy atom. The Hall–Kier alpha value is -1.84. The maximum Gasteiger partial charge on any atom is 0.331 e. The molecular weight excluding hydrogens is 278 g/mol. The van der Waals surface area contributed by atoms with Gasteiger partial charge in [0.1, 0.15) is 0 Å². The van der Waals surface area contributed by atoms with Gasteiger partial charge in [0, 0.05) is 12.5 Å². The molecule has 3 unspecified atom stereocenters. The predicted octanol–water partition coefficient (Wildman–Crippen LogP) is 2.63. The Morgan fingerprint density at radius 2 is 1.77 bits per heavy atom. The summed E-state index contributed by atoms with van der Waals surface area (Å²) >= 11 is 0. The van der Waals surface area contributed by atoms with Crippen molar-refractivity contribution >= 4 is 11.9 Å². The van der Waals surface area contributed by atoms with E-state index in [0.29, 0.717) is 18.4 Å². The zero-order valence-electron chi connectivity index (χ0n) is 12.6. The van der Waals surface area contributed by atoms with Crippen LogP contribution in [0.2, 0.25) is 0 Å². The molecule has 0 saturated heterocycles. The first-order valence-corrected chi connectivity index (χ1v) is 8.29. The molecule has 4 rings (SSSR count). The number of amides is 1. The van der Waals surface area contributed by atoms with E-state index in [2.05, 4.69) is 0 Å². The van der Waals surface area contributed by atoms with Gasteiger partial charge in [0.25, 0.3) is 0 Å². The number of carboxylic acid groups (broad SMARTS) is 1. The molecule has 2 saturated carbocycles. The van der Waals surface area contributed by atoms with Crippen molar-refractivity contribution in [2.45, 2.75) is 38.1 Å². The lowest BCUT2D eigenvalue weighted by Gasteiger charge is -2.35. The fourth-order valence-electron chi connectivity index (χ4n) is 4.62. The lowest BCUT2D eigenvalue weighted by molar-refractivity contribution is -0.152. The van der Waals surface area contributed by atoms with E-state index in [0.717, 1.165) is 30.4 Å². The average molecular weight is 299 g/mol. The number of hydrogen-bond acceptors (Lipinski definition) is 2. The van der Waals surface area contributed by atoms with Gasteiger partial charge in [0.05, 0.1) is 0 Å². The van der Waals surface area contributed by atoms with Gasteiger partial charge in [0.2, 0.25) is 5.91 Å². The van der Waals surface area contributed by atoms with Gasteiger partial charge in [-0.15, -0.1) is 0 Å². The number of carbonyl (C=O) groups is 2. The van der Waals surface area contributed by atoms with Gasteiger partial charge >= 0.3 is 5.97 Å². The normalized spacial score (nSPS) is 32.8. The van der Waals surface area contributed by atoms with Gasteiger partial charge in [-0.3, -0.25) is 4.79 Å². The summed E-state index contributed by atoms with van der Waals surface area (Å²) in [6.45, 7) is 0.531. The van der Waals surface area contributed by atoms with Crippen molar-refractivity contribution in [3.63, 3.8) is 0 Å². The number of rotatable bonds is 2. The molecule has 116 valence electrons. The third kappa shape index (κ3) is 2.04. The van der Waals surface area contributed by atoms with E-state index >= 15 is 0 Å². The number of fused-ring (bicyclic) bond motifs is 2. The van der Waals surface area contributed by atoms with Crippen LogP contribution in [0.15, 0.2) is 24.3 Å². The van der Waals surface area contributed by atoms with Gasteiger partial charge in [-0.2, -0.15) is 0 Å². The molecule has 22 heavy (non-hydrogen) atoms. The largest absolute Gasteiger partial charge is 0.479 e. The van der Waals surface area contributed by atoms with Gasteiger partial charge in [-0.05, 0) is 42.2 Å². The lowest BCUT2D eigenvalue weighted by Crippen LogP contribution is -2.44. The van der Waals surface area contributed by atoms with Crippen LogP contribution >= 0.6 is 0 Å². The maximum atomic E-state index is 12.9. The second-order valence-corrected chi connectivity index (χ2v) is 6.86. The van der Waals surface area contributed by atoms with E-state index in [1.807, 2.05) is 24.3 Å². The first-order chi connectivity index (χ1) is 10.7. The monoisotopic (exact) mass is 299 g/mol. The number of carboxylic acids is 1. The third-order valence-electron chi connectivity index (χ3n) is 5.74. The highest BCUT2D eigenvalue weighted by Gasteiger charge is 2.57. The van der Waals surface area contributed by atoms with Crippen molar-refractivity contribution in [3.05, 3.63) is 35.4 Å². The minimum absolute atomic E-state index is 0.0822. The molecule has 4 heteroatoms. The Morgan fingerprint density at radius 1 is 1.09 bits per heavy atom. The van der Waals surface area contributed by atoms with E-state index in [1.165, 1.54) is 12.8 Å². The molecule has 0 radical (unpaired) electrons. The molecule has 2 aliphatic carbocycles. The van der Waals surface area contributed by atoms with Crippen LogP contribution in [0.25, 0.3) is 0 Å². The molecule has 0 spiro atoms. The highest BCUT2D eigenvalue weighted by Crippen LogP contribution is 2.56. The summed E-state index contributed by atoms with van der Waals surface area (Å²) in [6, 6.07) is 6.82. The minimum Gasteiger partial charge on any atom is -0.479 e. The quantitative estimate of drug-likeness (QED) is 0.913. The van der Waals surface area contributed by atoms with Crippen LogP contribution in [-0.4, -0.2) is 28.4 Å². The van der Waals surface area contributed by atoms with E-state index in [4.69, 9.17) is 0 Å². The first-order valence-electron chi connectivity index (χ1n) is 8.29. The van der Waals surface area contributed by atoms with Gasteiger partial charge < -0.3 is 10.0 Å². The van der Waals surface area contributed by atoms with Gasteiger partial charge in [-0.1, -0.05) is 37.1 Å². The highest BCUT2D eigenvalue weighted by atomic mass is 16.4. The van der Waals surface area contributed by atoms with Crippen LogP contribution in [0.1, 0.15) is 42.9 Å². The molecule has 1 N–H and O–H groups in total. The molecule has 0 bridgehead atoms. The summed E-state index contributed by atoms with van der Waals surface area (Å²) in [5.41, 5.74) is 1.85. The molecule has 3 atom stereocenters. The average Bonchev–Trinajstić information content (AvgIpc) is 3.27. The number of benzene rings is 1.